The van der Waals surface area contributed by atoms with Gasteiger partial charge in [0.25, 0.3) is 5.91 Å². The Balaban J connectivity index is 2.06. The second-order valence-corrected chi connectivity index (χ2v) is 6.78. The van der Waals surface area contributed by atoms with Crippen molar-refractivity contribution in [2.24, 2.45) is 0 Å². The molecular weight excluding hydrogens is 415 g/mol. The molecule has 0 bridgehead atoms. The second-order valence-electron chi connectivity index (χ2n) is 5.33. The van der Waals surface area contributed by atoms with E-state index in [1.165, 1.54) is 0 Å². The fourth-order valence-electron chi connectivity index (χ4n) is 2.88. The number of likely N-dealkylation sites (tertiary alicyclic amines) is 1. The van der Waals surface area contributed by atoms with E-state index in [4.69, 9.17) is 11.6 Å². The number of rotatable bonds is 2. The third-order valence-corrected chi connectivity index (χ3v) is 4.85. The molecule has 1 aromatic carbocycles. The number of fused-ring (bicyclic) bond motifs is 1. The molecule has 1 amide bonds. The Morgan fingerprint density at radius 3 is 2.82 bits per heavy atom. The number of carbonyl (C=O) groups is 2. The highest BCUT2D eigenvalue weighted by Gasteiger charge is 2.32. The first-order chi connectivity index (χ1) is 10.6. The van der Waals surface area contributed by atoms with Gasteiger partial charge in [-0.25, -0.2) is 4.98 Å². The minimum absolute atomic E-state index is 0.00279. The highest BCUT2D eigenvalue weighted by atomic mass is 127. The molecule has 1 fully saturated rings. The van der Waals surface area contributed by atoms with E-state index in [0.29, 0.717) is 18.7 Å². The Bertz CT molecular complexity index is 750. The van der Waals surface area contributed by atoms with Crippen LogP contribution in [0.2, 0.25) is 5.15 Å². The van der Waals surface area contributed by atoms with Crippen molar-refractivity contribution in [1.82, 2.24) is 9.88 Å². The first-order valence-corrected chi connectivity index (χ1v) is 8.59. The molecule has 114 valence electrons. The van der Waals surface area contributed by atoms with Gasteiger partial charge in [0.1, 0.15) is 16.9 Å². The Morgan fingerprint density at radius 2 is 2.05 bits per heavy atom. The zero-order chi connectivity index (χ0) is 15.7. The van der Waals surface area contributed by atoms with Crippen molar-refractivity contribution in [2.45, 2.75) is 25.3 Å². The van der Waals surface area contributed by atoms with Crippen molar-refractivity contribution in [3.8, 4) is 0 Å². The van der Waals surface area contributed by atoms with Gasteiger partial charge in [-0.05, 0) is 30.7 Å². The molecule has 1 aliphatic heterocycles. The number of pyridine rings is 1. The summed E-state index contributed by atoms with van der Waals surface area (Å²) >= 11 is 7.83. The van der Waals surface area contributed by atoms with Crippen LogP contribution >= 0.6 is 34.2 Å². The first-order valence-electron chi connectivity index (χ1n) is 7.13. The van der Waals surface area contributed by atoms with Gasteiger partial charge in [-0.15, -0.1) is 0 Å². The van der Waals surface area contributed by atoms with Gasteiger partial charge in [-0.2, -0.15) is 0 Å². The van der Waals surface area contributed by atoms with E-state index in [0.717, 1.165) is 23.6 Å². The van der Waals surface area contributed by atoms with Gasteiger partial charge in [-0.1, -0.05) is 35.9 Å². The lowest BCUT2D eigenvalue weighted by Crippen LogP contribution is -2.46. The van der Waals surface area contributed by atoms with Crippen LogP contribution in [0.4, 0.5) is 0 Å². The summed E-state index contributed by atoms with van der Waals surface area (Å²) < 4.78 is -0.00279. The Hall–Kier alpha value is -1.21. The number of hydrogen-bond donors (Lipinski definition) is 0. The van der Waals surface area contributed by atoms with Crippen molar-refractivity contribution in [2.75, 3.05) is 6.54 Å². The van der Waals surface area contributed by atoms with Crippen molar-refractivity contribution in [1.29, 1.82) is 0 Å². The summed E-state index contributed by atoms with van der Waals surface area (Å²) in [6.45, 7) is 0.584. The lowest BCUT2D eigenvalue weighted by molar-refractivity contribution is -0.114. The van der Waals surface area contributed by atoms with Gasteiger partial charge >= 0.3 is 0 Å². The molecule has 1 atom stereocenters. The molecule has 0 N–H and O–H groups in total. The molecule has 22 heavy (non-hydrogen) atoms. The molecular formula is C16H14ClIN2O2. The van der Waals surface area contributed by atoms with E-state index < -0.39 is 0 Å². The van der Waals surface area contributed by atoms with Crippen molar-refractivity contribution in [3.63, 3.8) is 0 Å². The largest absolute Gasteiger partial charge is 0.326 e. The van der Waals surface area contributed by atoms with E-state index >= 15 is 0 Å². The van der Waals surface area contributed by atoms with E-state index in [-0.39, 0.29) is 20.9 Å². The molecule has 1 saturated heterocycles. The fraction of sp³-hybridized carbons (Fsp3) is 0.312. The average molecular weight is 429 g/mol. The van der Waals surface area contributed by atoms with E-state index in [1.54, 1.807) is 33.6 Å². The molecule has 2 aromatic rings. The smallest absolute Gasteiger partial charge is 0.273 e. The third kappa shape index (κ3) is 2.96. The minimum atomic E-state index is -0.360. The van der Waals surface area contributed by atoms with Crippen molar-refractivity contribution < 1.29 is 9.59 Å². The van der Waals surface area contributed by atoms with Crippen LogP contribution in [0.3, 0.4) is 0 Å². The van der Waals surface area contributed by atoms with Gasteiger partial charge in [0.05, 0.1) is 0 Å². The number of aromatic nitrogens is 1. The quantitative estimate of drug-likeness (QED) is 0.415. The lowest BCUT2D eigenvalue weighted by Gasteiger charge is -2.33. The monoisotopic (exact) mass is 428 g/mol. The molecule has 0 saturated carbocycles. The van der Waals surface area contributed by atoms with Gasteiger partial charge < -0.3 is 4.90 Å². The molecule has 4 nitrogen and oxygen atoms in total. The van der Waals surface area contributed by atoms with Crippen LogP contribution in [0.15, 0.2) is 30.3 Å². The zero-order valence-electron chi connectivity index (χ0n) is 11.8. The van der Waals surface area contributed by atoms with Gasteiger partial charge in [0.15, 0.2) is 0 Å². The second kappa shape index (κ2) is 6.50. The highest BCUT2D eigenvalue weighted by Crippen LogP contribution is 2.26. The number of amides is 1. The standard InChI is InChI=1S/C16H14ClIN2O2/c17-13-9-10-5-1-2-6-11(10)14(19-13)16(22)20-8-4-3-7-12(20)15(18)21/h1-2,5-6,9,12H,3-4,7-8H2/t12-/m0/s1. The molecule has 3 rings (SSSR count). The lowest BCUT2D eigenvalue weighted by atomic mass is 10.0. The fourth-order valence-corrected chi connectivity index (χ4v) is 3.73. The average Bonchev–Trinajstić information content (AvgIpc) is 2.53. The van der Waals surface area contributed by atoms with Gasteiger partial charge in [0.2, 0.25) is 3.79 Å². The summed E-state index contributed by atoms with van der Waals surface area (Å²) in [5.41, 5.74) is 0.327. The molecule has 0 spiro atoms. The topological polar surface area (TPSA) is 50.3 Å². The number of halogens is 2. The summed E-state index contributed by atoms with van der Waals surface area (Å²) in [6, 6.07) is 8.90. The van der Waals surface area contributed by atoms with Crippen LogP contribution in [0, 0.1) is 0 Å². The molecule has 2 heterocycles. The SMILES string of the molecule is O=C(I)[C@@H]1CCCCN1C(=O)c1nc(Cl)cc2ccccc12. The predicted octanol–water partition coefficient (Wildman–Crippen LogP) is 3.84. The normalized spacial score (nSPS) is 18.5. The number of piperidine rings is 1. The van der Waals surface area contributed by atoms with E-state index in [9.17, 15) is 9.59 Å². The van der Waals surface area contributed by atoms with E-state index in [1.807, 2.05) is 24.3 Å². The van der Waals surface area contributed by atoms with Crippen LogP contribution < -0.4 is 0 Å². The van der Waals surface area contributed by atoms with Crippen LogP contribution in [0.5, 0.6) is 0 Å². The molecule has 0 unspecified atom stereocenters. The molecule has 0 aliphatic carbocycles. The predicted molar refractivity (Wildman–Crippen MR) is 94.5 cm³/mol. The number of benzene rings is 1. The minimum Gasteiger partial charge on any atom is -0.326 e. The van der Waals surface area contributed by atoms with Crippen LogP contribution in [-0.4, -0.2) is 32.2 Å². The Kier molecular flexibility index (Phi) is 4.63. The van der Waals surface area contributed by atoms with Crippen molar-refractivity contribution >= 4 is 54.7 Å². The van der Waals surface area contributed by atoms with Crippen LogP contribution in [-0.2, 0) is 4.79 Å². The maximum absolute atomic E-state index is 12.9. The first kappa shape index (κ1) is 15.7. The zero-order valence-corrected chi connectivity index (χ0v) is 14.7. The number of carbonyl (C=O) groups excluding carboxylic acids is 2. The Labute approximate surface area is 147 Å². The summed E-state index contributed by atoms with van der Waals surface area (Å²) in [5, 5.41) is 1.93. The van der Waals surface area contributed by atoms with Gasteiger partial charge in [0, 0.05) is 34.5 Å². The maximum Gasteiger partial charge on any atom is 0.273 e. The summed E-state index contributed by atoms with van der Waals surface area (Å²) in [6.07, 6.45) is 2.59. The summed E-state index contributed by atoms with van der Waals surface area (Å²) in [4.78, 5) is 30.6. The maximum atomic E-state index is 12.9. The highest BCUT2D eigenvalue weighted by molar-refractivity contribution is 14.1. The van der Waals surface area contributed by atoms with E-state index in [2.05, 4.69) is 4.98 Å². The Morgan fingerprint density at radius 1 is 1.27 bits per heavy atom. The molecule has 1 aliphatic rings. The van der Waals surface area contributed by atoms with Crippen molar-refractivity contribution in [3.05, 3.63) is 41.2 Å². The number of hydrogen-bond acceptors (Lipinski definition) is 3. The molecule has 1 aromatic heterocycles. The van der Waals surface area contributed by atoms with Crippen LogP contribution in [0.25, 0.3) is 10.8 Å². The summed E-state index contributed by atoms with van der Waals surface area (Å²) in [7, 11) is 0. The van der Waals surface area contributed by atoms with Gasteiger partial charge in [-0.3, -0.25) is 9.59 Å². The van der Waals surface area contributed by atoms with Crippen LogP contribution in [0.1, 0.15) is 29.8 Å². The molecule has 6 heteroatoms. The summed E-state index contributed by atoms with van der Waals surface area (Å²) in [5.74, 6) is -0.214. The third-order valence-electron chi connectivity index (χ3n) is 3.94. The number of nitrogens with zero attached hydrogens (tertiary/aromatic N) is 2. The molecule has 0 radical (unpaired) electrons.